The van der Waals surface area contributed by atoms with E-state index in [1.807, 2.05) is 29.0 Å². The molecule has 2 heterocycles. The van der Waals surface area contributed by atoms with Crippen LogP contribution in [0, 0.1) is 0 Å². The first kappa shape index (κ1) is 12.2. The number of fused-ring (bicyclic) bond motifs is 1. The first-order valence-electron chi connectivity index (χ1n) is 5.70. The second kappa shape index (κ2) is 4.66. The molecule has 0 bridgehead atoms. The van der Waals surface area contributed by atoms with Gasteiger partial charge in [0.05, 0.1) is 6.54 Å². The van der Waals surface area contributed by atoms with Crippen molar-refractivity contribution in [3.8, 4) is 0 Å². The summed E-state index contributed by atoms with van der Waals surface area (Å²) in [5.74, 6) is 0.312. The summed E-state index contributed by atoms with van der Waals surface area (Å²) in [5, 5.41) is 1.55. The Morgan fingerprint density at radius 3 is 2.84 bits per heavy atom. The molecule has 0 aliphatic carbocycles. The molecule has 0 fully saturated rings. The molecule has 2 aromatic heterocycles. The van der Waals surface area contributed by atoms with E-state index in [9.17, 15) is 8.78 Å². The van der Waals surface area contributed by atoms with Crippen LogP contribution in [0.4, 0.5) is 8.78 Å². The molecule has 0 radical (unpaired) electrons. The Hall–Kier alpha value is -1.88. The second-order valence-electron chi connectivity index (χ2n) is 4.14. The molecule has 0 N–H and O–H groups in total. The summed E-state index contributed by atoms with van der Waals surface area (Å²) in [6.07, 6.45) is 4.47. The van der Waals surface area contributed by atoms with Crippen molar-refractivity contribution in [2.24, 2.45) is 0 Å². The molecule has 0 amide bonds. The lowest BCUT2D eigenvalue weighted by atomic mass is 10.2. The fraction of sp³-hybridized carbons (Fsp3) is 0.154. The average Bonchev–Trinajstić information content (AvgIpc) is 2.98. The lowest BCUT2D eigenvalue weighted by Gasteiger charge is -2.08. The molecule has 0 aliphatic heterocycles. The van der Waals surface area contributed by atoms with Crippen molar-refractivity contribution in [3.63, 3.8) is 0 Å². The van der Waals surface area contributed by atoms with Crippen molar-refractivity contribution in [2.75, 3.05) is 0 Å². The molecule has 98 valence electrons. The third kappa shape index (κ3) is 2.10. The molecular formula is C13H10ClF2N3. The third-order valence-corrected chi connectivity index (χ3v) is 3.36. The van der Waals surface area contributed by atoms with Crippen LogP contribution in [0.25, 0.3) is 10.9 Å². The highest BCUT2D eigenvalue weighted by atomic mass is 35.5. The molecule has 19 heavy (non-hydrogen) atoms. The molecule has 0 atom stereocenters. The van der Waals surface area contributed by atoms with Gasteiger partial charge in [-0.1, -0.05) is 17.7 Å². The van der Waals surface area contributed by atoms with Gasteiger partial charge in [0.25, 0.3) is 0 Å². The first-order valence-corrected chi connectivity index (χ1v) is 6.08. The van der Waals surface area contributed by atoms with Gasteiger partial charge in [-0.15, -0.1) is 0 Å². The Bertz CT molecular complexity index is 718. The van der Waals surface area contributed by atoms with E-state index in [2.05, 4.69) is 4.98 Å². The van der Waals surface area contributed by atoms with Crippen molar-refractivity contribution in [1.82, 2.24) is 14.1 Å². The van der Waals surface area contributed by atoms with Crippen LogP contribution in [0.1, 0.15) is 12.4 Å². The van der Waals surface area contributed by atoms with Crippen molar-refractivity contribution in [3.05, 3.63) is 53.7 Å². The highest BCUT2D eigenvalue weighted by molar-refractivity contribution is 6.35. The van der Waals surface area contributed by atoms with Crippen LogP contribution < -0.4 is 0 Å². The maximum Gasteiger partial charge on any atom is 0.319 e. The van der Waals surface area contributed by atoms with E-state index >= 15 is 0 Å². The number of halogens is 3. The Morgan fingerprint density at radius 1 is 1.21 bits per heavy atom. The smallest absolute Gasteiger partial charge is 0.319 e. The lowest BCUT2D eigenvalue weighted by molar-refractivity contribution is 0.0667. The Kier molecular flexibility index (Phi) is 2.98. The molecule has 0 aliphatic rings. The standard InChI is InChI=1S/C13H10ClF2N3/c14-10-2-1-3-11-9(10)4-6-18(11)8-12-17-5-7-19(12)13(15)16/h1-7,13H,8H2. The summed E-state index contributed by atoms with van der Waals surface area (Å²) in [4.78, 5) is 3.97. The second-order valence-corrected chi connectivity index (χ2v) is 4.55. The topological polar surface area (TPSA) is 22.8 Å². The molecule has 3 nitrogen and oxygen atoms in total. The van der Waals surface area contributed by atoms with Gasteiger partial charge in [-0.3, -0.25) is 4.57 Å². The number of hydrogen-bond donors (Lipinski definition) is 0. The summed E-state index contributed by atoms with van der Waals surface area (Å²) in [6, 6.07) is 7.40. The van der Waals surface area contributed by atoms with Gasteiger partial charge < -0.3 is 4.57 Å². The number of benzene rings is 1. The van der Waals surface area contributed by atoms with Crippen LogP contribution in [0.15, 0.2) is 42.9 Å². The van der Waals surface area contributed by atoms with Gasteiger partial charge in [0.1, 0.15) is 5.82 Å². The number of nitrogens with zero attached hydrogens (tertiary/aromatic N) is 3. The number of aromatic nitrogens is 3. The van der Waals surface area contributed by atoms with Crippen molar-refractivity contribution in [1.29, 1.82) is 0 Å². The first-order chi connectivity index (χ1) is 9.16. The summed E-state index contributed by atoms with van der Waals surface area (Å²) in [7, 11) is 0. The zero-order chi connectivity index (χ0) is 13.4. The van der Waals surface area contributed by atoms with Gasteiger partial charge in [0, 0.05) is 34.5 Å². The molecule has 0 saturated carbocycles. The van der Waals surface area contributed by atoms with Gasteiger partial charge in [0.2, 0.25) is 0 Å². The van der Waals surface area contributed by atoms with E-state index in [-0.39, 0.29) is 6.54 Å². The quantitative estimate of drug-likeness (QED) is 0.713. The molecule has 0 unspecified atom stereocenters. The minimum absolute atomic E-state index is 0.279. The largest absolute Gasteiger partial charge is 0.340 e. The average molecular weight is 282 g/mol. The molecule has 1 aromatic carbocycles. The van der Waals surface area contributed by atoms with Crippen molar-refractivity contribution < 1.29 is 8.78 Å². The number of imidazole rings is 1. The van der Waals surface area contributed by atoms with Gasteiger partial charge in [-0.05, 0) is 18.2 Å². The van der Waals surface area contributed by atoms with Crippen LogP contribution in [0.2, 0.25) is 5.02 Å². The SMILES string of the molecule is FC(F)n1ccnc1Cn1ccc2c(Cl)cccc21. The molecule has 3 aromatic rings. The minimum Gasteiger partial charge on any atom is -0.340 e. The maximum absolute atomic E-state index is 12.8. The highest BCUT2D eigenvalue weighted by Crippen LogP contribution is 2.25. The van der Waals surface area contributed by atoms with Gasteiger partial charge >= 0.3 is 6.55 Å². The predicted octanol–water partition coefficient (Wildman–Crippen LogP) is 3.93. The third-order valence-electron chi connectivity index (χ3n) is 3.03. The normalized spacial score (nSPS) is 11.6. The van der Waals surface area contributed by atoms with E-state index in [4.69, 9.17) is 11.6 Å². The minimum atomic E-state index is -2.58. The van der Waals surface area contributed by atoms with Crippen LogP contribution in [-0.4, -0.2) is 14.1 Å². The van der Waals surface area contributed by atoms with Crippen LogP contribution >= 0.6 is 11.6 Å². The summed E-state index contributed by atoms with van der Waals surface area (Å²) in [6.45, 7) is -2.30. The summed E-state index contributed by atoms with van der Waals surface area (Å²) in [5.41, 5.74) is 0.899. The Morgan fingerprint density at radius 2 is 2.05 bits per heavy atom. The van der Waals surface area contributed by atoms with E-state index < -0.39 is 6.55 Å². The lowest BCUT2D eigenvalue weighted by Crippen LogP contribution is -2.08. The fourth-order valence-corrected chi connectivity index (χ4v) is 2.35. The Balaban J connectivity index is 2.02. The number of hydrogen-bond acceptors (Lipinski definition) is 1. The molecular weight excluding hydrogens is 272 g/mol. The van der Waals surface area contributed by atoms with Gasteiger partial charge in [0.15, 0.2) is 0 Å². The fourth-order valence-electron chi connectivity index (χ4n) is 2.12. The molecule has 3 rings (SSSR count). The molecule has 0 saturated heterocycles. The van der Waals surface area contributed by atoms with E-state index in [1.54, 1.807) is 6.07 Å². The van der Waals surface area contributed by atoms with Crippen molar-refractivity contribution >= 4 is 22.5 Å². The van der Waals surface area contributed by atoms with Gasteiger partial charge in [-0.25, -0.2) is 4.98 Å². The molecule has 6 heteroatoms. The summed E-state index contributed by atoms with van der Waals surface area (Å²) >= 11 is 6.08. The zero-order valence-electron chi connectivity index (χ0n) is 9.80. The van der Waals surface area contributed by atoms with Crippen LogP contribution in [0.5, 0.6) is 0 Å². The van der Waals surface area contributed by atoms with Crippen LogP contribution in [-0.2, 0) is 6.54 Å². The summed E-state index contributed by atoms with van der Waals surface area (Å²) < 4.78 is 28.2. The number of alkyl halides is 2. The van der Waals surface area contributed by atoms with Gasteiger partial charge in [-0.2, -0.15) is 8.78 Å². The predicted molar refractivity (Wildman–Crippen MR) is 69.5 cm³/mol. The number of rotatable bonds is 3. The Labute approximate surface area is 113 Å². The zero-order valence-corrected chi connectivity index (χ0v) is 10.6. The van der Waals surface area contributed by atoms with E-state index in [0.29, 0.717) is 10.8 Å². The van der Waals surface area contributed by atoms with Crippen molar-refractivity contribution in [2.45, 2.75) is 13.1 Å². The van der Waals surface area contributed by atoms with E-state index in [1.165, 1.54) is 12.4 Å². The van der Waals surface area contributed by atoms with E-state index in [0.717, 1.165) is 15.5 Å². The maximum atomic E-state index is 12.8. The highest BCUT2D eigenvalue weighted by Gasteiger charge is 2.12. The monoisotopic (exact) mass is 281 g/mol. The van der Waals surface area contributed by atoms with Crippen LogP contribution in [0.3, 0.4) is 0 Å². The molecule has 0 spiro atoms.